The minimum Gasteiger partial charge on any atom is -0.367 e. The number of carbonyl (C=O) groups is 1. The SMILES string of the molecule is CC(=O)CN1CCC(CCN2CCN(c3cccc(F)c3F)CC2)CC1. The molecule has 2 aliphatic heterocycles. The van der Waals surface area contributed by atoms with E-state index < -0.39 is 11.6 Å². The van der Waals surface area contributed by atoms with Gasteiger partial charge in [-0.1, -0.05) is 6.07 Å². The lowest BCUT2D eigenvalue weighted by Gasteiger charge is -2.37. The van der Waals surface area contributed by atoms with Crippen LogP contribution in [0.15, 0.2) is 18.2 Å². The summed E-state index contributed by atoms with van der Waals surface area (Å²) in [7, 11) is 0. The van der Waals surface area contributed by atoms with Gasteiger partial charge in [-0.2, -0.15) is 0 Å². The second kappa shape index (κ2) is 8.91. The molecule has 2 fully saturated rings. The summed E-state index contributed by atoms with van der Waals surface area (Å²) < 4.78 is 27.3. The van der Waals surface area contributed by atoms with E-state index in [0.29, 0.717) is 12.2 Å². The zero-order valence-corrected chi connectivity index (χ0v) is 15.6. The summed E-state index contributed by atoms with van der Waals surface area (Å²) in [4.78, 5) is 17.8. The van der Waals surface area contributed by atoms with Crippen LogP contribution in [0.5, 0.6) is 0 Å². The Labute approximate surface area is 154 Å². The van der Waals surface area contributed by atoms with Crippen LogP contribution < -0.4 is 4.90 Å². The molecule has 0 amide bonds. The fourth-order valence-corrected chi connectivity index (χ4v) is 4.06. The van der Waals surface area contributed by atoms with Gasteiger partial charge in [0.25, 0.3) is 0 Å². The van der Waals surface area contributed by atoms with Gasteiger partial charge in [-0.05, 0) is 63.9 Å². The number of benzene rings is 1. The normalized spacial score (nSPS) is 20.5. The minimum absolute atomic E-state index is 0.246. The van der Waals surface area contributed by atoms with Gasteiger partial charge in [0.1, 0.15) is 5.78 Å². The number of halogens is 2. The largest absolute Gasteiger partial charge is 0.367 e. The molecular weight excluding hydrogens is 336 g/mol. The summed E-state index contributed by atoms with van der Waals surface area (Å²) in [5, 5.41) is 0. The van der Waals surface area contributed by atoms with Crippen LogP contribution in [0.3, 0.4) is 0 Å². The first kappa shape index (κ1) is 19.2. The molecule has 0 N–H and O–H groups in total. The third-order valence-electron chi connectivity index (χ3n) is 5.65. The van der Waals surface area contributed by atoms with Crippen LogP contribution in [-0.2, 0) is 4.79 Å². The lowest BCUT2D eigenvalue weighted by atomic mass is 9.93. The fourth-order valence-electron chi connectivity index (χ4n) is 4.06. The van der Waals surface area contributed by atoms with Gasteiger partial charge in [0, 0.05) is 26.2 Å². The number of ketones is 1. The van der Waals surface area contributed by atoms with Crippen molar-refractivity contribution in [3.05, 3.63) is 29.8 Å². The van der Waals surface area contributed by atoms with E-state index in [0.717, 1.165) is 57.8 Å². The number of Topliss-reactive ketones (excluding diaryl/α,β-unsaturated/α-hetero) is 1. The van der Waals surface area contributed by atoms with Gasteiger partial charge in [0.2, 0.25) is 0 Å². The molecule has 0 bridgehead atoms. The topological polar surface area (TPSA) is 26.8 Å². The molecule has 1 aromatic carbocycles. The summed E-state index contributed by atoms with van der Waals surface area (Å²) in [6.45, 7) is 8.60. The van der Waals surface area contributed by atoms with Crippen molar-refractivity contribution in [1.82, 2.24) is 9.80 Å². The maximum absolute atomic E-state index is 13.9. The number of nitrogens with zero attached hydrogens (tertiary/aromatic N) is 3. The second-order valence-electron chi connectivity index (χ2n) is 7.61. The summed E-state index contributed by atoms with van der Waals surface area (Å²) in [5.41, 5.74) is 0.377. The highest BCUT2D eigenvalue weighted by Gasteiger charge is 2.23. The number of piperidine rings is 1. The predicted molar refractivity (Wildman–Crippen MR) is 99.5 cm³/mol. The van der Waals surface area contributed by atoms with Crippen molar-refractivity contribution in [2.45, 2.75) is 26.2 Å². The Kier molecular flexibility index (Phi) is 6.59. The van der Waals surface area contributed by atoms with Gasteiger partial charge in [-0.15, -0.1) is 0 Å². The zero-order valence-electron chi connectivity index (χ0n) is 15.6. The van der Waals surface area contributed by atoms with Crippen molar-refractivity contribution in [2.24, 2.45) is 5.92 Å². The third-order valence-corrected chi connectivity index (χ3v) is 5.65. The van der Waals surface area contributed by atoms with Gasteiger partial charge < -0.3 is 4.90 Å². The van der Waals surface area contributed by atoms with Crippen molar-refractivity contribution < 1.29 is 13.6 Å². The Morgan fingerprint density at radius 2 is 1.73 bits per heavy atom. The first-order chi connectivity index (χ1) is 12.5. The van der Waals surface area contributed by atoms with E-state index in [1.54, 1.807) is 19.1 Å². The number of anilines is 1. The summed E-state index contributed by atoms with van der Waals surface area (Å²) >= 11 is 0. The summed E-state index contributed by atoms with van der Waals surface area (Å²) in [6.07, 6.45) is 3.52. The molecule has 1 aromatic rings. The molecule has 0 unspecified atom stereocenters. The Morgan fingerprint density at radius 1 is 1.04 bits per heavy atom. The average Bonchev–Trinajstić information content (AvgIpc) is 2.63. The number of piperazine rings is 1. The van der Waals surface area contributed by atoms with Crippen LogP contribution in [0.25, 0.3) is 0 Å². The van der Waals surface area contributed by atoms with E-state index in [-0.39, 0.29) is 5.78 Å². The molecule has 2 aliphatic rings. The molecular formula is C20H29F2N3O. The summed E-state index contributed by atoms with van der Waals surface area (Å²) in [5.74, 6) is -0.535. The van der Waals surface area contributed by atoms with Crippen LogP contribution >= 0.6 is 0 Å². The first-order valence-electron chi connectivity index (χ1n) is 9.66. The number of carbonyl (C=O) groups excluding carboxylic acids is 1. The molecule has 144 valence electrons. The predicted octanol–water partition coefficient (Wildman–Crippen LogP) is 2.78. The molecule has 0 radical (unpaired) electrons. The number of likely N-dealkylation sites (tertiary alicyclic amines) is 1. The smallest absolute Gasteiger partial charge is 0.182 e. The minimum atomic E-state index is -0.777. The fraction of sp³-hybridized carbons (Fsp3) is 0.650. The Morgan fingerprint density at radius 3 is 2.38 bits per heavy atom. The molecule has 3 rings (SSSR count). The van der Waals surface area contributed by atoms with Gasteiger partial charge >= 0.3 is 0 Å². The monoisotopic (exact) mass is 365 g/mol. The molecule has 0 atom stereocenters. The Hall–Kier alpha value is -1.53. The average molecular weight is 365 g/mol. The lowest BCUT2D eigenvalue weighted by molar-refractivity contribution is -0.118. The highest BCUT2D eigenvalue weighted by atomic mass is 19.2. The van der Waals surface area contributed by atoms with Gasteiger partial charge in [0.15, 0.2) is 11.6 Å². The Balaban J connectivity index is 1.38. The highest BCUT2D eigenvalue weighted by Crippen LogP contribution is 2.24. The quantitative estimate of drug-likeness (QED) is 0.775. The molecule has 0 saturated carbocycles. The van der Waals surface area contributed by atoms with Crippen molar-refractivity contribution in [3.63, 3.8) is 0 Å². The first-order valence-corrected chi connectivity index (χ1v) is 9.66. The number of rotatable bonds is 6. The molecule has 0 spiro atoms. The van der Waals surface area contributed by atoms with Crippen molar-refractivity contribution in [2.75, 3.05) is 57.3 Å². The molecule has 0 aromatic heterocycles. The van der Waals surface area contributed by atoms with Gasteiger partial charge in [-0.3, -0.25) is 14.6 Å². The van der Waals surface area contributed by atoms with E-state index >= 15 is 0 Å². The highest BCUT2D eigenvalue weighted by molar-refractivity contribution is 5.77. The van der Waals surface area contributed by atoms with Crippen LogP contribution in [-0.4, -0.2) is 67.9 Å². The van der Waals surface area contributed by atoms with Crippen molar-refractivity contribution in [3.8, 4) is 0 Å². The van der Waals surface area contributed by atoms with E-state index in [4.69, 9.17) is 0 Å². The maximum Gasteiger partial charge on any atom is 0.182 e. The standard InChI is InChI=1S/C20H29F2N3O/c1-16(26)15-24-9-6-17(7-10-24)5-8-23-11-13-25(14-12-23)19-4-2-3-18(21)20(19)22/h2-4,17H,5-15H2,1H3. The summed E-state index contributed by atoms with van der Waals surface area (Å²) in [6, 6.07) is 4.39. The maximum atomic E-state index is 13.9. The van der Waals surface area contributed by atoms with Gasteiger partial charge in [-0.25, -0.2) is 8.78 Å². The van der Waals surface area contributed by atoms with Crippen molar-refractivity contribution >= 4 is 11.5 Å². The second-order valence-corrected chi connectivity index (χ2v) is 7.61. The number of hydrogen-bond donors (Lipinski definition) is 0. The Bertz CT molecular complexity index is 609. The molecule has 26 heavy (non-hydrogen) atoms. The molecule has 4 nitrogen and oxygen atoms in total. The number of hydrogen-bond acceptors (Lipinski definition) is 4. The van der Waals surface area contributed by atoms with Crippen LogP contribution in [0.2, 0.25) is 0 Å². The van der Waals surface area contributed by atoms with Gasteiger partial charge in [0.05, 0.1) is 12.2 Å². The van der Waals surface area contributed by atoms with Crippen molar-refractivity contribution in [1.29, 1.82) is 0 Å². The van der Waals surface area contributed by atoms with E-state index in [1.807, 2.05) is 4.90 Å². The zero-order chi connectivity index (χ0) is 18.5. The van der Waals surface area contributed by atoms with Crippen LogP contribution in [0, 0.1) is 17.6 Å². The van der Waals surface area contributed by atoms with E-state index in [1.165, 1.54) is 19.3 Å². The lowest BCUT2D eigenvalue weighted by Crippen LogP contribution is -2.47. The van der Waals surface area contributed by atoms with E-state index in [9.17, 15) is 13.6 Å². The molecule has 0 aliphatic carbocycles. The molecule has 2 saturated heterocycles. The molecule has 2 heterocycles. The third kappa shape index (κ3) is 5.01. The van der Waals surface area contributed by atoms with Crippen LogP contribution in [0.4, 0.5) is 14.5 Å². The molecule has 6 heteroatoms. The van der Waals surface area contributed by atoms with E-state index in [2.05, 4.69) is 9.80 Å². The van der Waals surface area contributed by atoms with Crippen LogP contribution in [0.1, 0.15) is 26.2 Å².